The Bertz CT molecular complexity index is 911. The van der Waals surface area contributed by atoms with Crippen LogP contribution in [0.15, 0.2) is 35.8 Å². The van der Waals surface area contributed by atoms with Crippen molar-refractivity contribution in [3.63, 3.8) is 0 Å². The van der Waals surface area contributed by atoms with Gasteiger partial charge in [-0.05, 0) is 43.9 Å². The number of likely N-dealkylation sites (tertiary alicyclic amines) is 1. The van der Waals surface area contributed by atoms with Crippen LogP contribution in [-0.4, -0.2) is 53.4 Å². The van der Waals surface area contributed by atoms with E-state index in [0.29, 0.717) is 42.5 Å². The third-order valence-corrected chi connectivity index (χ3v) is 6.03. The van der Waals surface area contributed by atoms with Crippen molar-refractivity contribution >= 4 is 39.9 Å². The Hall–Kier alpha value is -2.78. The first-order chi connectivity index (χ1) is 14.6. The van der Waals surface area contributed by atoms with Crippen LogP contribution in [0.4, 0.5) is 10.8 Å². The Morgan fingerprint density at radius 2 is 2.03 bits per heavy atom. The van der Waals surface area contributed by atoms with E-state index in [1.165, 1.54) is 11.3 Å². The zero-order valence-corrected chi connectivity index (χ0v) is 17.3. The fourth-order valence-electron chi connectivity index (χ4n) is 3.79. The predicted octanol–water partition coefficient (Wildman–Crippen LogP) is 2.75. The summed E-state index contributed by atoms with van der Waals surface area (Å²) < 4.78 is 5.40. The third kappa shape index (κ3) is 4.85. The monoisotopic (exact) mass is 428 g/mol. The Morgan fingerprint density at radius 3 is 2.80 bits per heavy atom. The fourth-order valence-corrected chi connectivity index (χ4v) is 4.32. The van der Waals surface area contributed by atoms with Crippen LogP contribution < -0.4 is 10.6 Å². The van der Waals surface area contributed by atoms with Crippen LogP contribution in [0, 0.1) is 5.92 Å². The summed E-state index contributed by atoms with van der Waals surface area (Å²) >= 11 is 1.37. The van der Waals surface area contributed by atoms with E-state index < -0.39 is 6.10 Å². The Morgan fingerprint density at radius 1 is 1.13 bits per heavy atom. The zero-order chi connectivity index (χ0) is 20.9. The molecule has 3 amide bonds. The number of aromatic nitrogens is 1. The molecule has 3 heterocycles. The van der Waals surface area contributed by atoms with E-state index >= 15 is 0 Å². The first-order valence-corrected chi connectivity index (χ1v) is 11.0. The number of amides is 3. The van der Waals surface area contributed by atoms with E-state index in [2.05, 4.69) is 15.6 Å². The van der Waals surface area contributed by atoms with Crippen molar-refractivity contribution < 1.29 is 19.1 Å². The SMILES string of the molecule is O=C(Nc1nccs1)C1CCCN(C(=O)c2cccc(NC(=O)C3CCCO3)c2)C1. The molecule has 0 saturated carbocycles. The van der Waals surface area contributed by atoms with E-state index in [9.17, 15) is 14.4 Å². The van der Waals surface area contributed by atoms with Crippen molar-refractivity contribution in [2.75, 3.05) is 30.3 Å². The topological polar surface area (TPSA) is 101 Å². The van der Waals surface area contributed by atoms with Crippen LogP contribution in [0.25, 0.3) is 0 Å². The molecule has 1 aromatic heterocycles. The van der Waals surface area contributed by atoms with Gasteiger partial charge in [0, 0.05) is 42.5 Å². The predicted molar refractivity (Wildman–Crippen MR) is 113 cm³/mol. The molecular formula is C21H24N4O4S. The summed E-state index contributed by atoms with van der Waals surface area (Å²) in [5.41, 5.74) is 1.05. The summed E-state index contributed by atoms with van der Waals surface area (Å²) in [5, 5.41) is 8.02. The highest BCUT2D eigenvalue weighted by Crippen LogP contribution is 2.22. The molecule has 2 aliphatic rings. The lowest BCUT2D eigenvalue weighted by Crippen LogP contribution is -2.43. The van der Waals surface area contributed by atoms with Crippen LogP contribution in [0.1, 0.15) is 36.0 Å². The van der Waals surface area contributed by atoms with Gasteiger partial charge in [-0.3, -0.25) is 14.4 Å². The molecule has 0 spiro atoms. The van der Waals surface area contributed by atoms with Gasteiger partial charge in [-0.2, -0.15) is 0 Å². The highest BCUT2D eigenvalue weighted by molar-refractivity contribution is 7.13. The quantitative estimate of drug-likeness (QED) is 0.763. The second-order valence-electron chi connectivity index (χ2n) is 7.49. The first-order valence-electron chi connectivity index (χ1n) is 10.1. The van der Waals surface area contributed by atoms with Gasteiger partial charge in [0.25, 0.3) is 11.8 Å². The summed E-state index contributed by atoms with van der Waals surface area (Å²) in [4.78, 5) is 43.6. The average Bonchev–Trinajstić information content (AvgIpc) is 3.48. The molecule has 0 aliphatic carbocycles. The van der Waals surface area contributed by atoms with Gasteiger partial charge in [-0.25, -0.2) is 4.98 Å². The van der Waals surface area contributed by atoms with Gasteiger partial charge in [-0.15, -0.1) is 11.3 Å². The van der Waals surface area contributed by atoms with Crippen molar-refractivity contribution in [1.29, 1.82) is 0 Å². The summed E-state index contributed by atoms with van der Waals surface area (Å²) in [7, 11) is 0. The van der Waals surface area contributed by atoms with Gasteiger partial charge in [0.1, 0.15) is 6.10 Å². The number of benzene rings is 1. The molecule has 2 saturated heterocycles. The maximum Gasteiger partial charge on any atom is 0.253 e. The first kappa shape index (κ1) is 20.5. The van der Waals surface area contributed by atoms with Crippen LogP contribution >= 0.6 is 11.3 Å². The molecule has 0 bridgehead atoms. The maximum atomic E-state index is 13.0. The van der Waals surface area contributed by atoms with Gasteiger partial charge in [0.15, 0.2) is 5.13 Å². The number of piperidine rings is 1. The lowest BCUT2D eigenvalue weighted by atomic mass is 9.96. The number of ether oxygens (including phenoxy) is 1. The summed E-state index contributed by atoms with van der Waals surface area (Å²) in [6.07, 6.45) is 4.30. The standard InChI is InChI=1S/C21H24N4O4S/c26-18(24-21-22-8-11-30-21)15-5-2-9-25(13-15)20(28)14-4-1-6-16(12-14)23-19(27)17-7-3-10-29-17/h1,4,6,8,11-12,15,17H,2-3,5,7,9-10,13H2,(H,23,27)(H,22,24,26). The number of carbonyl (C=O) groups is 3. The molecule has 2 fully saturated rings. The van der Waals surface area contributed by atoms with E-state index in [1.807, 2.05) is 0 Å². The number of rotatable bonds is 5. The Labute approximate surface area is 178 Å². The number of nitrogens with zero attached hydrogens (tertiary/aromatic N) is 2. The number of nitrogens with one attached hydrogen (secondary N) is 2. The number of carbonyl (C=O) groups excluding carboxylic acids is 3. The summed E-state index contributed by atoms with van der Waals surface area (Å²) in [5.74, 6) is -0.710. The number of hydrogen-bond acceptors (Lipinski definition) is 6. The second kappa shape index (κ2) is 9.36. The van der Waals surface area contributed by atoms with Crippen LogP contribution in [0.3, 0.4) is 0 Å². The van der Waals surface area contributed by atoms with Crippen molar-refractivity contribution in [2.45, 2.75) is 31.8 Å². The minimum Gasteiger partial charge on any atom is -0.368 e. The molecule has 2 unspecified atom stereocenters. The normalized spacial score (nSPS) is 21.3. The zero-order valence-electron chi connectivity index (χ0n) is 16.5. The third-order valence-electron chi connectivity index (χ3n) is 5.34. The molecule has 2 aromatic rings. The molecule has 30 heavy (non-hydrogen) atoms. The largest absolute Gasteiger partial charge is 0.368 e. The lowest BCUT2D eigenvalue weighted by molar-refractivity contribution is -0.124. The van der Waals surface area contributed by atoms with Gasteiger partial charge in [0.2, 0.25) is 5.91 Å². The minimum absolute atomic E-state index is 0.111. The van der Waals surface area contributed by atoms with E-state index in [1.54, 1.807) is 40.7 Å². The highest BCUT2D eigenvalue weighted by atomic mass is 32.1. The van der Waals surface area contributed by atoms with Crippen molar-refractivity contribution in [3.8, 4) is 0 Å². The maximum absolute atomic E-state index is 13.0. The van der Waals surface area contributed by atoms with E-state index in [4.69, 9.17) is 4.74 Å². The number of anilines is 2. The number of hydrogen-bond donors (Lipinski definition) is 2. The smallest absolute Gasteiger partial charge is 0.253 e. The van der Waals surface area contributed by atoms with Crippen molar-refractivity contribution in [2.24, 2.45) is 5.92 Å². The Balaban J connectivity index is 1.38. The summed E-state index contributed by atoms with van der Waals surface area (Å²) in [6, 6.07) is 6.90. The van der Waals surface area contributed by atoms with Crippen molar-refractivity contribution in [1.82, 2.24) is 9.88 Å². The van der Waals surface area contributed by atoms with Crippen molar-refractivity contribution in [3.05, 3.63) is 41.4 Å². The summed E-state index contributed by atoms with van der Waals surface area (Å²) in [6.45, 7) is 1.57. The number of thiazole rings is 1. The molecule has 2 aliphatic heterocycles. The molecule has 0 radical (unpaired) electrons. The van der Waals surface area contributed by atoms with Gasteiger partial charge < -0.3 is 20.3 Å². The van der Waals surface area contributed by atoms with Gasteiger partial charge >= 0.3 is 0 Å². The lowest BCUT2D eigenvalue weighted by Gasteiger charge is -2.32. The Kier molecular flexibility index (Phi) is 6.39. The minimum atomic E-state index is -0.427. The average molecular weight is 429 g/mol. The molecule has 158 valence electrons. The van der Waals surface area contributed by atoms with E-state index in [0.717, 1.165) is 19.3 Å². The van der Waals surface area contributed by atoms with Crippen LogP contribution in [0.5, 0.6) is 0 Å². The van der Waals surface area contributed by atoms with E-state index in [-0.39, 0.29) is 23.6 Å². The second-order valence-corrected chi connectivity index (χ2v) is 8.38. The molecule has 1 aromatic carbocycles. The van der Waals surface area contributed by atoms with Crippen LogP contribution in [-0.2, 0) is 14.3 Å². The molecule has 9 heteroatoms. The highest BCUT2D eigenvalue weighted by Gasteiger charge is 2.29. The van der Waals surface area contributed by atoms with Gasteiger partial charge in [-0.1, -0.05) is 6.07 Å². The molecule has 4 rings (SSSR count). The molecule has 2 atom stereocenters. The van der Waals surface area contributed by atoms with Gasteiger partial charge in [0.05, 0.1) is 5.92 Å². The molecular weight excluding hydrogens is 404 g/mol. The molecule has 2 N–H and O–H groups in total. The van der Waals surface area contributed by atoms with Crippen LogP contribution in [0.2, 0.25) is 0 Å². The molecule has 8 nitrogen and oxygen atoms in total. The fraction of sp³-hybridized carbons (Fsp3) is 0.429.